The maximum Gasteiger partial charge on any atom is 0.278 e. The number of nitrogens with zero attached hydrogens (tertiary/aromatic N) is 2. The van der Waals surface area contributed by atoms with Crippen LogP contribution in [0, 0.1) is 25.5 Å². The number of aromatic nitrogens is 2. The van der Waals surface area contributed by atoms with E-state index in [1.165, 1.54) is 10.7 Å². The highest BCUT2D eigenvalue weighted by atomic mass is 19.2. The number of aryl methyl sites for hydroxylation is 2. The maximum absolute atomic E-state index is 13.0. The van der Waals surface area contributed by atoms with Gasteiger partial charge >= 0.3 is 0 Å². The van der Waals surface area contributed by atoms with Gasteiger partial charge in [0.05, 0.1) is 5.69 Å². The van der Waals surface area contributed by atoms with E-state index in [0.29, 0.717) is 11.4 Å². The second-order valence-electron chi connectivity index (χ2n) is 3.77. The Morgan fingerprint density at radius 2 is 1.88 bits per heavy atom. The zero-order chi connectivity index (χ0) is 12.6. The molecule has 0 aliphatic rings. The highest BCUT2D eigenvalue weighted by molar-refractivity contribution is 5.95. The summed E-state index contributed by atoms with van der Waals surface area (Å²) >= 11 is 0. The molecule has 5 heteroatoms. The van der Waals surface area contributed by atoms with E-state index in [1.54, 1.807) is 19.9 Å². The van der Waals surface area contributed by atoms with Crippen molar-refractivity contribution in [3.8, 4) is 0 Å². The second kappa shape index (κ2) is 4.08. The lowest BCUT2D eigenvalue weighted by atomic mass is 10.2. The van der Waals surface area contributed by atoms with E-state index < -0.39 is 17.5 Å². The molecule has 0 amide bonds. The fourth-order valence-electron chi connectivity index (χ4n) is 1.59. The van der Waals surface area contributed by atoms with Gasteiger partial charge in [0.2, 0.25) is 0 Å². The molecule has 1 aromatic heterocycles. The van der Waals surface area contributed by atoms with Gasteiger partial charge in [0.15, 0.2) is 11.6 Å². The Morgan fingerprint density at radius 1 is 1.18 bits per heavy atom. The molecule has 0 aliphatic carbocycles. The third-order valence-corrected chi connectivity index (χ3v) is 2.37. The van der Waals surface area contributed by atoms with Crippen LogP contribution < -0.4 is 0 Å². The molecule has 1 heterocycles. The summed E-state index contributed by atoms with van der Waals surface area (Å²) in [4.78, 5) is 12.0. The topological polar surface area (TPSA) is 34.9 Å². The second-order valence-corrected chi connectivity index (χ2v) is 3.77. The third-order valence-electron chi connectivity index (χ3n) is 2.37. The molecule has 3 nitrogen and oxygen atoms in total. The fraction of sp³-hybridized carbons (Fsp3) is 0.167. The van der Waals surface area contributed by atoms with Crippen molar-refractivity contribution in [2.24, 2.45) is 0 Å². The van der Waals surface area contributed by atoms with Crippen LogP contribution in [0.25, 0.3) is 0 Å². The number of halogens is 2. The van der Waals surface area contributed by atoms with Crippen LogP contribution in [0.1, 0.15) is 21.7 Å². The summed E-state index contributed by atoms with van der Waals surface area (Å²) in [6, 6.07) is 4.76. The van der Waals surface area contributed by atoms with E-state index in [1.807, 2.05) is 0 Å². The summed E-state index contributed by atoms with van der Waals surface area (Å²) < 4.78 is 26.9. The van der Waals surface area contributed by atoms with Gasteiger partial charge in [0.25, 0.3) is 5.91 Å². The molecule has 0 saturated heterocycles. The standard InChI is InChI=1S/C12H10F2N2O/c1-7-5-8(2)16(15-7)12(17)9-3-4-10(13)11(14)6-9/h3-6H,1-2H3. The molecule has 0 bridgehead atoms. The predicted octanol–water partition coefficient (Wildman–Crippen LogP) is 2.47. The minimum Gasteiger partial charge on any atom is -0.267 e. The van der Waals surface area contributed by atoms with Crippen LogP contribution in [0.4, 0.5) is 8.78 Å². The van der Waals surface area contributed by atoms with Gasteiger partial charge in [-0.2, -0.15) is 5.10 Å². The van der Waals surface area contributed by atoms with E-state index in [2.05, 4.69) is 5.10 Å². The maximum atomic E-state index is 13.0. The fourth-order valence-corrected chi connectivity index (χ4v) is 1.59. The molecule has 0 fully saturated rings. The lowest BCUT2D eigenvalue weighted by molar-refractivity contribution is 0.0942. The minimum atomic E-state index is -1.04. The number of carbonyl (C=O) groups is 1. The first kappa shape index (κ1) is 11.4. The summed E-state index contributed by atoms with van der Waals surface area (Å²) in [7, 11) is 0. The molecule has 0 aliphatic heterocycles. The summed E-state index contributed by atoms with van der Waals surface area (Å²) in [5, 5.41) is 3.99. The van der Waals surface area contributed by atoms with Crippen molar-refractivity contribution in [3.63, 3.8) is 0 Å². The average Bonchev–Trinajstić information content (AvgIpc) is 2.61. The lowest BCUT2D eigenvalue weighted by Crippen LogP contribution is -2.15. The van der Waals surface area contributed by atoms with Crippen LogP contribution in [0.15, 0.2) is 24.3 Å². The first-order chi connectivity index (χ1) is 7.99. The number of rotatable bonds is 1. The molecule has 2 aromatic rings. The van der Waals surface area contributed by atoms with Crippen molar-refractivity contribution in [3.05, 3.63) is 52.9 Å². The molecule has 17 heavy (non-hydrogen) atoms. The Labute approximate surface area is 96.7 Å². The largest absolute Gasteiger partial charge is 0.278 e. The quantitative estimate of drug-likeness (QED) is 0.762. The Balaban J connectivity index is 2.44. The van der Waals surface area contributed by atoms with Gasteiger partial charge in [-0.15, -0.1) is 0 Å². The van der Waals surface area contributed by atoms with Crippen molar-refractivity contribution in [1.82, 2.24) is 9.78 Å². The summed E-state index contributed by atoms with van der Waals surface area (Å²) in [5.41, 5.74) is 1.41. The predicted molar refractivity (Wildman–Crippen MR) is 57.8 cm³/mol. The normalized spacial score (nSPS) is 10.6. The molecule has 0 saturated carbocycles. The molecular formula is C12H10F2N2O. The van der Waals surface area contributed by atoms with E-state index >= 15 is 0 Å². The Bertz CT molecular complexity index is 590. The van der Waals surface area contributed by atoms with Crippen molar-refractivity contribution in [1.29, 1.82) is 0 Å². The van der Waals surface area contributed by atoms with Crippen molar-refractivity contribution >= 4 is 5.91 Å². The van der Waals surface area contributed by atoms with E-state index in [9.17, 15) is 13.6 Å². The van der Waals surface area contributed by atoms with Crippen LogP contribution in [0.2, 0.25) is 0 Å². The summed E-state index contributed by atoms with van der Waals surface area (Å²) in [5.74, 6) is -2.50. The Morgan fingerprint density at radius 3 is 2.41 bits per heavy atom. The molecular weight excluding hydrogens is 226 g/mol. The first-order valence-corrected chi connectivity index (χ1v) is 5.02. The zero-order valence-electron chi connectivity index (χ0n) is 9.37. The highest BCUT2D eigenvalue weighted by Gasteiger charge is 2.14. The SMILES string of the molecule is Cc1cc(C)n(C(=O)c2ccc(F)c(F)c2)n1. The van der Waals surface area contributed by atoms with Gasteiger partial charge in [-0.25, -0.2) is 13.5 Å². The molecule has 88 valence electrons. The van der Waals surface area contributed by atoms with E-state index in [4.69, 9.17) is 0 Å². The molecule has 0 atom stereocenters. The van der Waals surface area contributed by atoms with Crippen LogP contribution in [-0.4, -0.2) is 15.7 Å². The Kier molecular flexibility index (Phi) is 2.75. The van der Waals surface area contributed by atoms with Crippen LogP contribution >= 0.6 is 0 Å². The number of carbonyl (C=O) groups excluding carboxylic acids is 1. The van der Waals surface area contributed by atoms with Gasteiger partial charge in [0, 0.05) is 11.3 Å². The minimum absolute atomic E-state index is 0.0649. The van der Waals surface area contributed by atoms with Gasteiger partial charge in [-0.3, -0.25) is 4.79 Å². The first-order valence-electron chi connectivity index (χ1n) is 5.02. The zero-order valence-corrected chi connectivity index (χ0v) is 9.37. The monoisotopic (exact) mass is 236 g/mol. The highest BCUT2D eigenvalue weighted by Crippen LogP contribution is 2.11. The number of hydrogen-bond donors (Lipinski definition) is 0. The summed E-state index contributed by atoms with van der Waals surface area (Å²) in [6.07, 6.45) is 0. The number of benzene rings is 1. The van der Waals surface area contributed by atoms with Gasteiger partial charge < -0.3 is 0 Å². The van der Waals surface area contributed by atoms with Crippen LogP contribution in [0.3, 0.4) is 0 Å². The van der Waals surface area contributed by atoms with Crippen LogP contribution in [-0.2, 0) is 0 Å². The molecule has 2 rings (SSSR count). The molecule has 0 spiro atoms. The van der Waals surface area contributed by atoms with Gasteiger partial charge in [-0.1, -0.05) is 0 Å². The molecule has 0 radical (unpaired) electrons. The summed E-state index contributed by atoms with van der Waals surface area (Å²) in [6.45, 7) is 3.47. The van der Waals surface area contributed by atoms with Gasteiger partial charge in [0.1, 0.15) is 0 Å². The molecule has 0 N–H and O–H groups in total. The number of hydrogen-bond acceptors (Lipinski definition) is 2. The van der Waals surface area contributed by atoms with Gasteiger partial charge in [-0.05, 0) is 38.1 Å². The smallest absolute Gasteiger partial charge is 0.267 e. The molecule has 1 aromatic carbocycles. The third kappa shape index (κ3) is 2.08. The Hall–Kier alpha value is -2.04. The van der Waals surface area contributed by atoms with E-state index in [-0.39, 0.29) is 5.56 Å². The van der Waals surface area contributed by atoms with Crippen LogP contribution in [0.5, 0.6) is 0 Å². The lowest BCUT2D eigenvalue weighted by Gasteiger charge is -2.03. The average molecular weight is 236 g/mol. The van der Waals surface area contributed by atoms with Crippen molar-refractivity contribution in [2.75, 3.05) is 0 Å². The van der Waals surface area contributed by atoms with Crippen molar-refractivity contribution in [2.45, 2.75) is 13.8 Å². The van der Waals surface area contributed by atoms with Crippen molar-refractivity contribution < 1.29 is 13.6 Å². The van der Waals surface area contributed by atoms with E-state index in [0.717, 1.165) is 12.1 Å². The molecule has 0 unspecified atom stereocenters.